The monoisotopic (exact) mass is 260 g/mol. The van der Waals surface area contributed by atoms with Gasteiger partial charge in [0, 0.05) is 0 Å². The second-order valence-corrected chi connectivity index (χ2v) is 7.34. The van der Waals surface area contributed by atoms with Gasteiger partial charge in [-0.15, -0.1) is 0 Å². The summed E-state index contributed by atoms with van der Waals surface area (Å²) in [6.45, 7) is 5.24. The predicted octanol–water partition coefficient (Wildman–Crippen LogP) is 4.58. The van der Waals surface area contributed by atoms with E-state index in [0.717, 1.165) is 16.7 Å². The van der Waals surface area contributed by atoms with Crippen LogP contribution in [0.4, 0.5) is 0 Å². The molecule has 0 aliphatic carbocycles. The molecule has 0 bridgehead atoms. The van der Waals surface area contributed by atoms with E-state index in [4.69, 9.17) is 15.8 Å². The summed E-state index contributed by atoms with van der Waals surface area (Å²) < 4.78 is 17.0. The van der Waals surface area contributed by atoms with E-state index in [9.17, 15) is 4.57 Å². The first kappa shape index (κ1) is 13.8. The van der Waals surface area contributed by atoms with Crippen LogP contribution >= 0.6 is 18.0 Å². The molecule has 1 atom stereocenters. The molecule has 0 saturated heterocycles. The molecule has 0 radical (unpaired) electrons. The van der Waals surface area contributed by atoms with Crippen LogP contribution in [0.25, 0.3) is 0 Å². The fourth-order valence-corrected chi connectivity index (χ4v) is 3.89. The maximum Gasteiger partial charge on any atom is 0.294 e. The minimum absolute atomic E-state index is 0.306. The van der Waals surface area contributed by atoms with Crippen LogP contribution in [0.1, 0.15) is 29.2 Å². The van der Waals surface area contributed by atoms with E-state index in [1.807, 2.05) is 20.8 Å². The lowest BCUT2D eigenvalue weighted by atomic mass is 10.0. The Labute approximate surface area is 102 Å². The largest absolute Gasteiger partial charge is 0.318 e. The number of halogens is 1. The second kappa shape index (κ2) is 5.35. The molecule has 1 aromatic carbocycles. The van der Waals surface area contributed by atoms with Crippen molar-refractivity contribution in [2.75, 3.05) is 6.61 Å². The number of rotatable bonds is 4. The highest BCUT2D eigenvalue weighted by molar-refractivity contribution is 7.84. The molecular formula is C12H18ClO2P. The van der Waals surface area contributed by atoms with Gasteiger partial charge in [0.1, 0.15) is 0 Å². The van der Waals surface area contributed by atoms with Crippen molar-refractivity contribution in [2.45, 2.75) is 33.9 Å². The van der Waals surface area contributed by atoms with Crippen LogP contribution in [0.3, 0.4) is 0 Å². The molecule has 0 spiro atoms. The van der Waals surface area contributed by atoms with Gasteiger partial charge < -0.3 is 4.52 Å². The maximum absolute atomic E-state index is 11.9. The number of benzene rings is 1. The lowest BCUT2D eigenvalue weighted by Gasteiger charge is -2.15. The van der Waals surface area contributed by atoms with Crippen LogP contribution in [0.15, 0.2) is 12.1 Å². The number of aryl methyl sites for hydroxylation is 3. The topological polar surface area (TPSA) is 26.3 Å². The summed E-state index contributed by atoms with van der Waals surface area (Å²) in [6.07, 6.45) is 0.306. The third-order valence-corrected chi connectivity index (χ3v) is 4.50. The minimum atomic E-state index is -3.01. The summed E-state index contributed by atoms with van der Waals surface area (Å²) in [5, 5.41) is 0. The highest BCUT2D eigenvalue weighted by Gasteiger charge is 2.21. The first-order chi connectivity index (χ1) is 7.35. The van der Waals surface area contributed by atoms with Gasteiger partial charge in [0.15, 0.2) is 0 Å². The van der Waals surface area contributed by atoms with E-state index in [1.54, 1.807) is 6.92 Å². The molecule has 1 rings (SSSR count). The molecule has 0 aliphatic heterocycles. The molecule has 0 saturated carbocycles. The van der Waals surface area contributed by atoms with E-state index in [2.05, 4.69) is 12.1 Å². The van der Waals surface area contributed by atoms with Gasteiger partial charge in [0.25, 0.3) is 6.72 Å². The van der Waals surface area contributed by atoms with Crippen molar-refractivity contribution in [3.63, 3.8) is 0 Å². The average Bonchev–Trinajstić information content (AvgIpc) is 2.11. The zero-order chi connectivity index (χ0) is 12.3. The summed E-state index contributed by atoms with van der Waals surface area (Å²) >= 11 is 5.89. The Hall–Kier alpha value is -0.300. The van der Waals surface area contributed by atoms with Crippen molar-refractivity contribution >= 4 is 18.0 Å². The summed E-state index contributed by atoms with van der Waals surface area (Å²) in [7, 11) is 0. The summed E-state index contributed by atoms with van der Waals surface area (Å²) in [6, 6.07) is 4.15. The first-order valence-electron chi connectivity index (χ1n) is 5.35. The van der Waals surface area contributed by atoms with Crippen LogP contribution in [0.2, 0.25) is 0 Å². The van der Waals surface area contributed by atoms with Gasteiger partial charge in [-0.2, -0.15) is 0 Å². The van der Waals surface area contributed by atoms with Gasteiger partial charge >= 0.3 is 0 Å². The third kappa shape index (κ3) is 3.62. The minimum Gasteiger partial charge on any atom is -0.318 e. The van der Waals surface area contributed by atoms with Crippen LogP contribution in [-0.2, 0) is 15.3 Å². The van der Waals surface area contributed by atoms with Gasteiger partial charge in [0.2, 0.25) is 0 Å². The summed E-state index contributed by atoms with van der Waals surface area (Å²) in [4.78, 5) is 0. The van der Waals surface area contributed by atoms with Crippen LogP contribution < -0.4 is 0 Å². The van der Waals surface area contributed by atoms with E-state index < -0.39 is 6.72 Å². The molecule has 1 aromatic rings. The van der Waals surface area contributed by atoms with Crippen LogP contribution in [0, 0.1) is 20.8 Å². The Balaban J connectivity index is 3.02. The van der Waals surface area contributed by atoms with Gasteiger partial charge in [-0.25, -0.2) is 0 Å². The van der Waals surface area contributed by atoms with E-state index >= 15 is 0 Å². The molecule has 0 amide bonds. The predicted molar refractivity (Wildman–Crippen MR) is 69.4 cm³/mol. The van der Waals surface area contributed by atoms with Gasteiger partial charge in [-0.05, 0) is 55.6 Å². The number of hydrogen-bond acceptors (Lipinski definition) is 2. The fourth-order valence-electron chi connectivity index (χ4n) is 1.89. The third-order valence-electron chi connectivity index (χ3n) is 2.51. The van der Waals surface area contributed by atoms with Crippen molar-refractivity contribution in [1.29, 1.82) is 0 Å². The molecular weight excluding hydrogens is 243 g/mol. The van der Waals surface area contributed by atoms with Gasteiger partial charge in [0.05, 0.1) is 12.8 Å². The highest BCUT2D eigenvalue weighted by Crippen LogP contribution is 2.55. The Bertz CT molecular complexity index is 406. The quantitative estimate of drug-likeness (QED) is 0.741. The van der Waals surface area contributed by atoms with Crippen molar-refractivity contribution in [3.05, 3.63) is 34.4 Å². The zero-order valence-corrected chi connectivity index (χ0v) is 11.9. The Kier molecular flexibility index (Phi) is 4.61. The van der Waals surface area contributed by atoms with Gasteiger partial charge in [-0.1, -0.05) is 17.7 Å². The summed E-state index contributed by atoms with van der Waals surface area (Å²) in [5.74, 6) is 0. The van der Waals surface area contributed by atoms with E-state index in [1.165, 1.54) is 5.56 Å². The van der Waals surface area contributed by atoms with Crippen molar-refractivity contribution in [3.8, 4) is 0 Å². The van der Waals surface area contributed by atoms with Crippen molar-refractivity contribution < 1.29 is 9.09 Å². The molecule has 1 unspecified atom stereocenters. The lowest BCUT2D eigenvalue weighted by Crippen LogP contribution is -1.96. The van der Waals surface area contributed by atoms with E-state index in [-0.39, 0.29) is 0 Å². The molecule has 16 heavy (non-hydrogen) atoms. The Morgan fingerprint density at radius 3 is 2.19 bits per heavy atom. The smallest absolute Gasteiger partial charge is 0.294 e. The highest BCUT2D eigenvalue weighted by atomic mass is 35.7. The Morgan fingerprint density at radius 2 is 1.75 bits per heavy atom. The average molecular weight is 261 g/mol. The van der Waals surface area contributed by atoms with E-state index in [0.29, 0.717) is 12.8 Å². The van der Waals surface area contributed by atoms with Crippen LogP contribution in [-0.4, -0.2) is 6.61 Å². The van der Waals surface area contributed by atoms with Crippen LogP contribution in [0.5, 0.6) is 0 Å². The van der Waals surface area contributed by atoms with Gasteiger partial charge in [-0.3, -0.25) is 4.57 Å². The zero-order valence-electron chi connectivity index (χ0n) is 10.2. The molecule has 0 aromatic heterocycles. The molecule has 0 aliphatic rings. The normalized spacial score (nSPS) is 14.8. The number of hydrogen-bond donors (Lipinski definition) is 0. The SMILES string of the molecule is CCOP(=O)(Cl)Cc1c(C)cc(C)cc1C. The first-order valence-corrected chi connectivity index (χ1v) is 8.07. The maximum atomic E-state index is 11.9. The molecule has 0 fully saturated rings. The Morgan fingerprint density at radius 1 is 1.25 bits per heavy atom. The molecule has 0 N–H and O–H groups in total. The molecule has 0 heterocycles. The fraction of sp³-hybridized carbons (Fsp3) is 0.500. The van der Waals surface area contributed by atoms with Crippen molar-refractivity contribution in [1.82, 2.24) is 0 Å². The molecule has 90 valence electrons. The molecule has 4 heteroatoms. The second-order valence-electron chi connectivity index (χ2n) is 4.04. The standard InChI is InChI=1S/C12H18ClO2P/c1-5-15-16(13,14)8-12-10(3)6-9(2)7-11(12)4/h6-7H,5,8H2,1-4H3. The van der Waals surface area contributed by atoms with Crippen molar-refractivity contribution in [2.24, 2.45) is 0 Å². The molecule has 2 nitrogen and oxygen atoms in total. The lowest BCUT2D eigenvalue weighted by molar-refractivity contribution is 0.344. The summed E-state index contributed by atoms with van der Waals surface area (Å²) in [5.41, 5.74) is 4.49.